The fourth-order valence-electron chi connectivity index (χ4n) is 3.12. The third-order valence-electron chi connectivity index (χ3n) is 4.87. The fourth-order valence-corrected chi connectivity index (χ4v) is 3.12. The van der Waals surface area contributed by atoms with Crippen molar-refractivity contribution in [1.82, 2.24) is 5.32 Å². The second kappa shape index (κ2) is 5.45. The van der Waals surface area contributed by atoms with E-state index < -0.39 is 5.60 Å². The molecule has 0 amide bonds. The van der Waals surface area contributed by atoms with Gasteiger partial charge in [-0.05, 0) is 19.8 Å². The predicted molar refractivity (Wildman–Crippen MR) is 70.6 cm³/mol. The van der Waals surface area contributed by atoms with E-state index >= 15 is 0 Å². The Morgan fingerprint density at radius 1 is 1.44 bits per heavy atom. The molecule has 2 rings (SSSR count). The molecule has 106 valence electrons. The van der Waals surface area contributed by atoms with Crippen molar-refractivity contribution in [2.24, 2.45) is 5.41 Å². The molecule has 4 atom stereocenters. The third kappa shape index (κ3) is 2.57. The van der Waals surface area contributed by atoms with Crippen molar-refractivity contribution in [2.45, 2.75) is 57.8 Å². The Morgan fingerprint density at radius 3 is 2.78 bits per heavy atom. The minimum Gasteiger partial charge on any atom is -0.386 e. The fraction of sp³-hybridized carbons (Fsp3) is 1.00. The third-order valence-corrected chi connectivity index (χ3v) is 4.87. The Balaban J connectivity index is 1.83. The van der Waals surface area contributed by atoms with Crippen molar-refractivity contribution in [3.8, 4) is 0 Å². The molecular formula is C14H27NO3. The summed E-state index contributed by atoms with van der Waals surface area (Å²) in [6.45, 7) is 9.10. The second-order valence-electron chi connectivity index (χ2n) is 6.00. The van der Waals surface area contributed by atoms with E-state index in [-0.39, 0.29) is 5.41 Å². The van der Waals surface area contributed by atoms with Gasteiger partial charge in [0.15, 0.2) is 0 Å². The summed E-state index contributed by atoms with van der Waals surface area (Å²) in [6, 6.07) is 0.448. The van der Waals surface area contributed by atoms with Crippen LogP contribution in [0.5, 0.6) is 0 Å². The smallest absolute Gasteiger partial charge is 0.102 e. The van der Waals surface area contributed by atoms with Crippen LogP contribution in [0.4, 0.5) is 0 Å². The number of hydrogen-bond acceptors (Lipinski definition) is 4. The average molecular weight is 257 g/mol. The molecule has 0 bridgehead atoms. The summed E-state index contributed by atoms with van der Waals surface area (Å²) in [4.78, 5) is 0. The Labute approximate surface area is 110 Å². The van der Waals surface area contributed by atoms with Crippen LogP contribution >= 0.6 is 0 Å². The highest BCUT2D eigenvalue weighted by molar-refractivity contribution is 5.05. The van der Waals surface area contributed by atoms with E-state index in [1.54, 1.807) is 0 Å². The van der Waals surface area contributed by atoms with Gasteiger partial charge in [-0.1, -0.05) is 13.8 Å². The summed E-state index contributed by atoms with van der Waals surface area (Å²) in [5, 5.41) is 13.8. The van der Waals surface area contributed by atoms with Gasteiger partial charge in [0, 0.05) is 37.6 Å². The Kier molecular flexibility index (Phi) is 4.32. The summed E-state index contributed by atoms with van der Waals surface area (Å²) in [7, 11) is 0. The Bertz CT molecular complexity index is 278. The molecule has 1 heterocycles. The quantitative estimate of drug-likeness (QED) is 0.753. The van der Waals surface area contributed by atoms with E-state index in [1.165, 1.54) is 0 Å². The maximum atomic E-state index is 10.3. The van der Waals surface area contributed by atoms with E-state index in [1.807, 2.05) is 0 Å². The van der Waals surface area contributed by atoms with Crippen LogP contribution in [0.2, 0.25) is 0 Å². The molecule has 0 aromatic carbocycles. The number of hydrogen-bond donors (Lipinski definition) is 2. The summed E-state index contributed by atoms with van der Waals surface area (Å²) >= 11 is 0. The number of ether oxygens (including phenoxy) is 2. The molecule has 4 nitrogen and oxygen atoms in total. The van der Waals surface area contributed by atoms with Crippen molar-refractivity contribution in [2.75, 3.05) is 26.4 Å². The monoisotopic (exact) mass is 257 g/mol. The molecule has 2 aliphatic rings. The van der Waals surface area contributed by atoms with Crippen LogP contribution in [0, 0.1) is 5.41 Å². The summed E-state index contributed by atoms with van der Waals surface area (Å²) in [5.41, 5.74) is -0.461. The topological polar surface area (TPSA) is 50.7 Å². The molecule has 0 aromatic heterocycles. The van der Waals surface area contributed by atoms with Gasteiger partial charge in [-0.25, -0.2) is 0 Å². The molecule has 2 fully saturated rings. The zero-order chi connectivity index (χ0) is 13.2. The first kappa shape index (κ1) is 14.3. The first-order valence-electron chi connectivity index (χ1n) is 7.19. The molecule has 1 saturated carbocycles. The lowest BCUT2D eigenvalue weighted by atomic mass is 9.61. The van der Waals surface area contributed by atoms with Crippen LogP contribution in [0.3, 0.4) is 0 Å². The van der Waals surface area contributed by atoms with E-state index in [4.69, 9.17) is 9.47 Å². The molecule has 1 saturated heterocycles. The van der Waals surface area contributed by atoms with Gasteiger partial charge in [0.25, 0.3) is 0 Å². The second-order valence-corrected chi connectivity index (χ2v) is 6.00. The summed E-state index contributed by atoms with van der Waals surface area (Å²) in [5.74, 6) is 0. The lowest BCUT2D eigenvalue weighted by Gasteiger charge is -2.54. The van der Waals surface area contributed by atoms with E-state index in [0.29, 0.717) is 31.9 Å². The normalized spacial score (nSPS) is 44.0. The van der Waals surface area contributed by atoms with Crippen LogP contribution in [0.1, 0.15) is 40.0 Å². The maximum absolute atomic E-state index is 10.3. The number of aliphatic hydroxyl groups is 1. The van der Waals surface area contributed by atoms with Gasteiger partial charge < -0.3 is 19.9 Å². The van der Waals surface area contributed by atoms with Crippen molar-refractivity contribution in [1.29, 1.82) is 0 Å². The van der Waals surface area contributed by atoms with Crippen LogP contribution in [0.15, 0.2) is 0 Å². The highest BCUT2D eigenvalue weighted by Crippen LogP contribution is 2.46. The zero-order valence-corrected chi connectivity index (χ0v) is 11.9. The van der Waals surface area contributed by atoms with Gasteiger partial charge in [0.05, 0.1) is 12.7 Å². The first-order valence-corrected chi connectivity index (χ1v) is 7.19. The van der Waals surface area contributed by atoms with Gasteiger partial charge in [-0.15, -0.1) is 0 Å². The molecule has 1 aliphatic carbocycles. The van der Waals surface area contributed by atoms with Crippen molar-refractivity contribution in [3.05, 3.63) is 0 Å². The van der Waals surface area contributed by atoms with Gasteiger partial charge >= 0.3 is 0 Å². The van der Waals surface area contributed by atoms with Crippen molar-refractivity contribution < 1.29 is 14.6 Å². The molecule has 2 N–H and O–H groups in total. The highest BCUT2D eigenvalue weighted by atomic mass is 16.5. The predicted octanol–water partition coefficient (Wildman–Crippen LogP) is 1.32. The van der Waals surface area contributed by atoms with Crippen LogP contribution < -0.4 is 5.32 Å². The zero-order valence-electron chi connectivity index (χ0n) is 11.9. The summed E-state index contributed by atoms with van der Waals surface area (Å²) < 4.78 is 11.1. The van der Waals surface area contributed by atoms with Crippen molar-refractivity contribution in [3.63, 3.8) is 0 Å². The Hall–Kier alpha value is -0.160. The number of rotatable bonds is 6. The van der Waals surface area contributed by atoms with E-state index in [9.17, 15) is 5.11 Å². The van der Waals surface area contributed by atoms with E-state index in [2.05, 4.69) is 26.1 Å². The minimum atomic E-state index is -0.661. The van der Waals surface area contributed by atoms with E-state index in [0.717, 1.165) is 25.9 Å². The lowest BCUT2D eigenvalue weighted by molar-refractivity contribution is -0.129. The van der Waals surface area contributed by atoms with Crippen molar-refractivity contribution >= 4 is 0 Å². The molecule has 0 radical (unpaired) electrons. The standard InChI is InChI=1S/C14H27NO3/c1-4-13(3)11(8-12(13)18-5-2)15-9-14(16)6-7-17-10-14/h11-12,15-16H,4-10H2,1-3H3. The summed E-state index contributed by atoms with van der Waals surface area (Å²) in [6.07, 6.45) is 3.25. The van der Waals surface area contributed by atoms with Gasteiger partial charge in [-0.2, -0.15) is 0 Å². The SMILES string of the molecule is CCOC1CC(NCC2(O)CCOC2)C1(C)CC. The average Bonchev–Trinajstić information content (AvgIpc) is 2.79. The highest BCUT2D eigenvalue weighted by Gasteiger charge is 2.51. The van der Waals surface area contributed by atoms with Gasteiger partial charge in [-0.3, -0.25) is 0 Å². The molecule has 0 aromatic rings. The van der Waals surface area contributed by atoms with Crippen LogP contribution in [-0.2, 0) is 9.47 Å². The van der Waals surface area contributed by atoms with Gasteiger partial charge in [0.2, 0.25) is 0 Å². The maximum Gasteiger partial charge on any atom is 0.102 e. The molecule has 4 unspecified atom stereocenters. The molecule has 1 aliphatic heterocycles. The van der Waals surface area contributed by atoms with Crippen LogP contribution in [-0.4, -0.2) is 49.2 Å². The molecule has 18 heavy (non-hydrogen) atoms. The minimum absolute atomic E-state index is 0.200. The Morgan fingerprint density at radius 2 is 2.22 bits per heavy atom. The van der Waals surface area contributed by atoms with Crippen LogP contribution in [0.25, 0.3) is 0 Å². The largest absolute Gasteiger partial charge is 0.386 e. The molecule has 4 heteroatoms. The molecular weight excluding hydrogens is 230 g/mol. The van der Waals surface area contributed by atoms with Gasteiger partial charge in [0.1, 0.15) is 5.60 Å². The lowest BCUT2D eigenvalue weighted by Crippen LogP contribution is -2.64. The number of nitrogens with one attached hydrogen (secondary N) is 1. The first-order chi connectivity index (χ1) is 8.54. The molecule has 0 spiro atoms.